The molecule has 0 radical (unpaired) electrons. The average molecular weight is 377 g/mol. The Morgan fingerprint density at radius 1 is 1.27 bits per heavy atom. The van der Waals surface area contributed by atoms with E-state index < -0.39 is 0 Å². The number of esters is 1. The largest absolute Gasteiger partial charge is 0.466 e. The molecule has 1 N–H and O–H groups in total. The molecular weight excluding hydrogens is 350 g/mol. The average Bonchev–Trinajstić information content (AvgIpc) is 2.91. The lowest BCUT2D eigenvalue weighted by Crippen LogP contribution is -3.14. The van der Waals surface area contributed by atoms with Crippen LogP contribution in [0.3, 0.4) is 0 Å². The van der Waals surface area contributed by atoms with Crippen molar-refractivity contribution in [3.05, 3.63) is 40.9 Å². The molecule has 1 saturated heterocycles. The van der Waals surface area contributed by atoms with E-state index in [1.165, 1.54) is 10.6 Å². The molecule has 0 atom stereocenters. The number of carbonyl (C=O) groups excluding carboxylic acids is 1. The van der Waals surface area contributed by atoms with Crippen LogP contribution in [0.15, 0.2) is 30.3 Å². The Labute approximate surface area is 158 Å². The molecule has 1 aromatic carbocycles. The second kappa shape index (κ2) is 8.46. The highest BCUT2D eigenvalue weighted by Crippen LogP contribution is 2.12. The van der Waals surface area contributed by atoms with Gasteiger partial charge in [0.1, 0.15) is 12.2 Å². The Morgan fingerprint density at radius 3 is 2.62 bits per heavy atom. The molecule has 140 valence electrons. The molecular formula is C18H26N5O2S+. The lowest BCUT2D eigenvalue weighted by molar-refractivity contribution is -0.924. The molecule has 0 amide bonds. The van der Waals surface area contributed by atoms with Crippen LogP contribution < -0.4 is 9.80 Å². The summed E-state index contributed by atoms with van der Waals surface area (Å²) in [6, 6.07) is 10.5. The lowest BCUT2D eigenvalue weighted by atomic mass is 10.2. The molecule has 0 unspecified atom stereocenters. The van der Waals surface area contributed by atoms with Gasteiger partial charge in [-0.15, -0.1) is 0 Å². The summed E-state index contributed by atoms with van der Waals surface area (Å²) in [6.07, 6.45) is 0.151. The number of carbonyl (C=O) groups is 1. The molecule has 1 aromatic heterocycles. The third-order valence-electron chi connectivity index (χ3n) is 4.70. The van der Waals surface area contributed by atoms with Gasteiger partial charge >= 0.3 is 5.97 Å². The van der Waals surface area contributed by atoms with Crippen molar-refractivity contribution in [2.75, 3.05) is 37.7 Å². The number of para-hydroxylation sites is 1. The maximum atomic E-state index is 11.7. The van der Waals surface area contributed by atoms with E-state index in [-0.39, 0.29) is 12.4 Å². The van der Waals surface area contributed by atoms with Gasteiger partial charge in [0.25, 0.3) is 0 Å². The van der Waals surface area contributed by atoms with Crippen LogP contribution in [0.2, 0.25) is 0 Å². The van der Waals surface area contributed by atoms with Crippen LogP contribution in [0.5, 0.6) is 0 Å². The molecule has 0 spiro atoms. The monoisotopic (exact) mass is 376 g/mol. The Bertz CT molecular complexity index is 794. The lowest BCUT2D eigenvalue weighted by Gasteiger charge is -2.33. The topological polar surface area (TPSA) is 56.7 Å². The summed E-state index contributed by atoms with van der Waals surface area (Å²) in [4.78, 5) is 15.6. The number of hydrogen-bond donors (Lipinski definition) is 1. The van der Waals surface area contributed by atoms with Crippen LogP contribution in [0.25, 0.3) is 0 Å². The molecule has 1 aliphatic heterocycles. The molecule has 0 saturated carbocycles. The maximum Gasteiger partial charge on any atom is 0.313 e. The first-order valence-electron chi connectivity index (χ1n) is 9.00. The summed E-state index contributed by atoms with van der Waals surface area (Å²) < 4.78 is 9.28. The number of ether oxygens (including phenoxy) is 1. The second-order valence-corrected chi connectivity index (χ2v) is 6.84. The quantitative estimate of drug-likeness (QED) is 0.585. The first kappa shape index (κ1) is 18.6. The Balaban J connectivity index is 1.60. The van der Waals surface area contributed by atoms with Crippen molar-refractivity contribution in [2.45, 2.75) is 20.0 Å². The van der Waals surface area contributed by atoms with Crippen LogP contribution in [-0.4, -0.2) is 53.1 Å². The van der Waals surface area contributed by atoms with Gasteiger partial charge in [0, 0.05) is 12.7 Å². The summed E-state index contributed by atoms with van der Waals surface area (Å²) in [5, 5.41) is 4.54. The van der Waals surface area contributed by atoms with Crippen LogP contribution in [0, 0.1) is 4.77 Å². The summed E-state index contributed by atoms with van der Waals surface area (Å²) in [5.41, 5.74) is 1.28. The van der Waals surface area contributed by atoms with Gasteiger partial charge in [0.15, 0.2) is 6.67 Å². The molecule has 7 nitrogen and oxygen atoms in total. The van der Waals surface area contributed by atoms with Gasteiger partial charge in [0.2, 0.25) is 4.77 Å². The van der Waals surface area contributed by atoms with Crippen molar-refractivity contribution >= 4 is 23.9 Å². The number of hydrogen-bond acceptors (Lipinski definition) is 5. The minimum atomic E-state index is -0.272. The van der Waals surface area contributed by atoms with Gasteiger partial charge in [-0.3, -0.25) is 4.79 Å². The third kappa shape index (κ3) is 4.31. The van der Waals surface area contributed by atoms with Gasteiger partial charge in [0.05, 0.1) is 32.8 Å². The van der Waals surface area contributed by atoms with E-state index in [1.54, 1.807) is 11.5 Å². The smallest absolute Gasteiger partial charge is 0.313 e. The standard InChI is InChI=1S/C18H25N5O2S/c1-3-25-17(24)13-16-19-23(18(26)20(16)2)14-21-9-11-22(12-10-21)15-7-5-4-6-8-15/h4-8H,3,9-14H2,1-2H3/p+1. The molecule has 1 aliphatic rings. The Kier molecular flexibility index (Phi) is 6.05. The van der Waals surface area contributed by atoms with E-state index >= 15 is 0 Å². The predicted molar refractivity (Wildman–Crippen MR) is 102 cm³/mol. The summed E-state index contributed by atoms with van der Waals surface area (Å²) in [6.45, 7) is 6.97. The number of piperazine rings is 1. The maximum absolute atomic E-state index is 11.7. The van der Waals surface area contributed by atoms with Crippen molar-refractivity contribution in [3.8, 4) is 0 Å². The summed E-state index contributed by atoms with van der Waals surface area (Å²) in [7, 11) is 1.85. The van der Waals surface area contributed by atoms with Crippen molar-refractivity contribution in [3.63, 3.8) is 0 Å². The fraction of sp³-hybridized carbons (Fsp3) is 0.500. The molecule has 2 aromatic rings. The summed E-state index contributed by atoms with van der Waals surface area (Å²) in [5.74, 6) is 0.377. The number of quaternary nitrogens is 1. The molecule has 2 heterocycles. The second-order valence-electron chi connectivity index (χ2n) is 6.47. The van der Waals surface area contributed by atoms with E-state index in [0.29, 0.717) is 17.2 Å². The molecule has 0 bridgehead atoms. The van der Waals surface area contributed by atoms with Crippen molar-refractivity contribution in [1.29, 1.82) is 0 Å². The first-order valence-corrected chi connectivity index (χ1v) is 9.41. The minimum Gasteiger partial charge on any atom is -0.466 e. The predicted octanol–water partition coefficient (Wildman–Crippen LogP) is 0.419. The zero-order chi connectivity index (χ0) is 18.5. The van der Waals surface area contributed by atoms with Gasteiger partial charge in [-0.2, -0.15) is 9.78 Å². The van der Waals surface area contributed by atoms with Crippen LogP contribution in [-0.2, 0) is 29.7 Å². The van der Waals surface area contributed by atoms with Gasteiger partial charge in [-0.1, -0.05) is 18.2 Å². The minimum absolute atomic E-state index is 0.151. The number of benzene rings is 1. The molecule has 3 rings (SSSR count). The zero-order valence-electron chi connectivity index (χ0n) is 15.4. The molecule has 26 heavy (non-hydrogen) atoms. The molecule has 8 heteroatoms. The van der Waals surface area contributed by atoms with E-state index in [1.807, 2.05) is 17.8 Å². The summed E-state index contributed by atoms with van der Waals surface area (Å²) >= 11 is 5.49. The van der Waals surface area contributed by atoms with Crippen molar-refractivity contribution in [1.82, 2.24) is 14.3 Å². The fourth-order valence-corrected chi connectivity index (χ4v) is 3.43. The van der Waals surface area contributed by atoms with Crippen LogP contribution in [0.4, 0.5) is 5.69 Å². The van der Waals surface area contributed by atoms with Crippen molar-refractivity contribution < 1.29 is 14.4 Å². The van der Waals surface area contributed by atoms with Gasteiger partial charge < -0.3 is 19.1 Å². The van der Waals surface area contributed by atoms with Gasteiger partial charge in [-0.25, -0.2) is 0 Å². The normalized spacial score (nSPS) is 15.2. The molecule has 1 fully saturated rings. The van der Waals surface area contributed by atoms with Crippen LogP contribution in [0.1, 0.15) is 12.7 Å². The number of nitrogens with one attached hydrogen (secondary N) is 1. The number of aromatic nitrogens is 3. The van der Waals surface area contributed by atoms with Gasteiger partial charge in [-0.05, 0) is 31.3 Å². The van der Waals surface area contributed by atoms with E-state index in [0.717, 1.165) is 32.8 Å². The molecule has 0 aliphatic carbocycles. The van der Waals surface area contributed by atoms with E-state index in [4.69, 9.17) is 17.0 Å². The van der Waals surface area contributed by atoms with Crippen molar-refractivity contribution in [2.24, 2.45) is 7.05 Å². The number of nitrogens with zero attached hydrogens (tertiary/aromatic N) is 4. The first-order chi connectivity index (χ1) is 12.6. The van der Waals surface area contributed by atoms with E-state index in [9.17, 15) is 4.79 Å². The highest BCUT2D eigenvalue weighted by molar-refractivity contribution is 7.71. The Morgan fingerprint density at radius 2 is 1.96 bits per heavy atom. The zero-order valence-corrected chi connectivity index (χ0v) is 16.2. The number of anilines is 1. The Hall–Kier alpha value is -2.19. The third-order valence-corrected chi connectivity index (χ3v) is 5.19. The highest BCUT2D eigenvalue weighted by atomic mass is 32.1. The number of rotatable bonds is 6. The fourth-order valence-electron chi connectivity index (χ4n) is 3.22. The SMILES string of the molecule is CCOC(=O)Cc1nn(C[NH+]2CCN(c3ccccc3)CC2)c(=S)n1C. The van der Waals surface area contributed by atoms with Crippen LogP contribution >= 0.6 is 12.2 Å². The van der Waals surface area contributed by atoms with E-state index in [2.05, 4.69) is 34.3 Å². The highest BCUT2D eigenvalue weighted by Gasteiger charge is 2.22.